The third-order valence-corrected chi connectivity index (χ3v) is 12.1. The van der Waals surface area contributed by atoms with Crippen LogP contribution in [0.4, 0.5) is 0 Å². The summed E-state index contributed by atoms with van der Waals surface area (Å²) >= 11 is 0. The standard InChI is InChI=1S/C31H38O5Si/c1-31(2,3)37(27-16-10-6-11-17-27,28-18-12-7-13-19-28)34-21-20-25-22-26(23-29(32)33-4)36-30(35-25)24-14-8-5-9-15-24/h5-19,25-26,30H,20-23H2,1-4H3/t25-,26-,30-/m0/s1. The number of esters is 1. The molecule has 1 saturated heterocycles. The van der Waals surface area contributed by atoms with Crippen molar-refractivity contribution in [1.29, 1.82) is 0 Å². The second kappa shape index (κ2) is 12.2. The van der Waals surface area contributed by atoms with Crippen molar-refractivity contribution >= 4 is 24.7 Å². The van der Waals surface area contributed by atoms with E-state index in [2.05, 4.69) is 81.4 Å². The van der Waals surface area contributed by atoms with Gasteiger partial charge in [0, 0.05) is 18.6 Å². The molecule has 4 rings (SSSR count). The number of benzene rings is 3. The van der Waals surface area contributed by atoms with E-state index in [1.807, 2.05) is 30.3 Å². The van der Waals surface area contributed by atoms with Crippen LogP contribution in [0.25, 0.3) is 0 Å². The Morgan fingerprint density at radius 2 is 1.35 bits per heavy atom. The summed E-state index contributed by atoms with van der Waals surface area (Å²) in [5, 5.41) is 2.42. The molecule has 0 unspecified atom stereocenters. The molecular weight excluding hydrogens is 480 g/mol. The van der Waals surface area contributed by atoms with Crippen molar-refractivity contribution in [2.24, 2.45) is 0 Å². The summed E-state index contributed by atoms with van der Waals surface area (Å²) in [7, 11) is -1.22. The largest absolute Gasteiger partial charge is 0.469 e. The molecule has 3 atom stereocenters. The van der Waals surface area contributed by atoms with Crippen molar-refractivity contribution in [2.45, 2.75) is 63.6 Å². The number of ether oxygens (including phenoxy) is 3. The molecule has 6 heteroatoms. The summed E-state index contributed by atoms with van der Waals surface area (Å²) in [5.41, 5.74) is 0.940. The molecule has 0 spiro atoms. The third kappa shape index (κ3) is 6.39. The van der Waals surface area contributed by atoms with Gasteiger partial charge in [-0.15, -0.1) is 0 Å². The fraction of sp³-hybridized carbons (Fsp3) is 0.387. The number of rotatable bonds is 9. The van der Waals surface area contributed by atoms with Gasteiger partial charge >= 0.3 is 5.97 Å². The number of carbonyl (C=O) groups is 1. The molecule has 196 valence electrons. The second-order valence-electron chi connectivity index (χ2n) is 10.6. The molecule has 3 aromatic carbocycles. The van der Waals surface area contributed by atoms with E-state index in [-0.39, 0.29) is 29.6 Å². The van der Waals surface area contributed by atoms with E-state index in [0.717, 1.165) is 5.56 Å². The Bertz CT molecular complexity index is 1080. The van der Waals surface area contributed by atoms with Gasteiger partial charge in [-0.25, -0.2) is 0 Å². The molecule has 0 N–H and O–H groups in total. The van der Waals surface area contributed by atoms with Crippen molar-refractivity contribution in [2.75, 3.05) is 13.7 Å². The number of methoxy groups -OCH3 is 1. The van der Waals surface area contributed by atoms with Crippen molar-refractivity contribution in [3.63, 3.8) is 0 Å². The van der Waals surface area contributed by atoms with E-state index in [1.54, 1.807) is 0 Å². The summed E-state index contributed by atoms with van der Waals surface area (Å²) in [5.74, 6) is -0.277. The molecule has 37 heavy (non-hydrogen) atoms. The molecule has 1 aliphatic heterocycles. The van der Waals surface area contributed by atoms with E-state index in [1.165, 1.54) is 17.5 Å². The summed E-state index contributed by atoms with van der Waals surface area (Å²) in [4.78, 5) is 12.0. The quantitative estimate of drug-likeness (QED) is 0.281. The highest BCUT2D eigenvalue weighted by atomic mass is 28.4. The average molecular weight is 519 g/mol. The number of hydrogen-bond acceptors (Lipinski definition) is 5. The fourth-order valence-corrected chi connectivity index (χ4v) is 9.82. The van der Waals surface area contributed by atoms with Crippen molar-refractivity contribution in [3.05, 3.63) is 96.6 Å². The Morgan fingerprint density at radius 3 is 1.86 bits per heavy atom. The van der Waals surface area contributed by atoms with Crippen molar-refractivity contribution < 1.29 is 23.4 Å². The predicted molar refractivity (Wildman–Crippen MR) is 148 cm³/mol. The first-order valence-corrected chi connectivity index (χ1v) is 14.9. The van der Waals surface area contributed by atoms with Gasteiger partial charge in [-0.1, -0.05) is 112 Å². The lowest BCUT2D eigenvalue weighted by atomic mass is 10.0. The lowest BCUT2D eigenvalue weighted by Crippen LogP contribution is -2.66. The Kier molecular flexibility index (Phi) is 8.98. The molecule has 1 aliphatic rings. The SMILES string of the molecule is COC(=O)C[C@@H]1C[C@H](CCO[Si](c2ccccc2)(c2ccccc2)C(C)(C)C)O[C@H](c2ccccc2)O1. The first-order valence-electron chi connectivity index (χ1n) is 13.0. The van der Waals surface area contributed by atoms with E-state index in [9.17, 15) is 4.79 Å². The zero-order valence-corrected chi connectivity index (χ0v) is 23.3. The summed E-state index contributed by atoms with van der Waals surface area (Å²) in [6, 6.07) is 31.2. The maximum absolute atomic E-state index is 12.0. The van der Waals surface area contributed by atoms with Gasteiger partial charge in [-0.2, -0.15) is 0 Å². The van der Waals surface area contributed by atoms with Gasteiger partial charge in [-0.05, 0) is 21.8 Å². The summed E-state index contributed by atoms with van der Waals surface area (Å²) in [6.45, 7) is 7.39. The van der Waals surface area contributed by atoms with Gasteiger partial charge in [0.1, 0.15) is 0 Å². The Morgan fingerprint density at radius 1 is 0.838 bits per heavy atom. The average Bonchev–Trinajstić information content (AvgIpc) is 2.92. The van der Waals surface area contributed by atoms with Gasteiger partial charge in [0.15, 0.2) is 6.29 Å². The fourth-order valence-electron chi connectivity index (χ4n) is 5.24. The first-order chi connectivity index (χ1) is 17.8. The molecule has 1 fully saturated rings. The van der Waals surface area contributed by atoms with Crippen molar-refractivity contribution in [1.82, 2.24) is 0 Å². The van der Waals surface area contributed by atoms with Gasteiger partial charge in [-0.3, -0.25) is 4.79 Å². The lowest BCUT2D eigenvalue weighted by molar-refractivity contribution is -0.251. The van der Waals surface area contributed by atoms with Crippen molar-refractivity contribution in [3.8, 4) is 0 Å². The van der Waals surface area contributed by atoms with Crippen LogP contribution >= 0.6 is 0 Å². The minimum Gasteiger partial charge on any atom is -0.469 e. The second-order valence-corrected chi connectivity index (χ2v) is 14.9. The topological polar surface area (TPSA) is 54.0 Å². The maximum atomic E-state index is 12.0. The smallest absolute Gasteiger partial charge is 0.308 e. The van der Waals surface area contributed by atoms with Crippen LogP contribution in [0.15, 0.2) is 91.0 Å². The highest BCUT2D eigenvalue weighted by Crippen LogP contribution is 2.38. The molecule has 0 amide bonds. The van der Waals surface area contributed by atoms with Crippen LogP contribution in [-0.4, -0.2) is 40.2 Å². The van der Waals surface area contributed by atoms with E-state index in [4.69, 9.17) is 18.6 Å². The van der Waals surface area contributed by atoms with Crippen LogP contribution in [0.2, 0.25) is 5.04 Å². The first kappa shape index (κ1) is 27.3. The van der Waals surface area contributed by atoms with Gasteiger partial charge in [0.05, 0.1) is 25.7 Å². The monoisotopic (exact) mass is 518 g/mol. The van der Waals surface area contributed by atoms with Gasteiger partial charge in [0.2, 0.25) is 0 Å². The molecular formula is C31H38O5Si. The maximum Gasteiger partial charge on any atom is 0.308 e. The summed E-state index contributed by atoms with van der Waals surface area (Å²) in [6.07, 6.45) is 0.616. The number of hydrogen-bond donors (Lipinski definition) is 0. The predicted octanol–water partition coefficient (Wildman–Crippen LogP) is 5.39. The highest BCUT2D eigenvalue weighted by molar-refractivity contribution is 6.99. The minimum atomic E-state index is -2.62. The summed E-state index contributed by atoms with van der Waals surface area (Å²) < 4.78 is 24.5. The molecule has 0 aliphatic carbocycles. The van der Waals surface area contributed by atoms with E-state index >= 15 is 0 Å². The van der Waals surface area contributed by atoms with Crippen LogP contribution in [0, 0.1) is 0 Å². The Balaban J connectivity index is 1.56. The minimum absolute atomic E-state index is 0.0910. The molecule has 5 nitrogen and oxygen atoms in total. The lowest BCUT2D eigenvalue weighted by Gasteiger charge is -2.43. The normalized spacial score (nSPS) is 20.4. The zero-order valence-electron chi connectivity index (χ0n) is 22.3. The van der Waals surface area contributed by atoms with E-state index in [0.29, 0.717) is 19.4 Å². The number of carbonyl (C=O) groups excluding carboxylic acids is 1. The molecule has 0 saturated carbocycles. The Hall–Kier alpha value is -2.77. The molecule has 0 bridgehead atoms. The molecule has 3 aromatic rings. The van der Waals surface area contributed by atoms with Crippen LogP contribution in [0.1, 0.15) is 51.9 Å². The third-order valence-electron chi connectivity index (χ3n) is 7.03. The highest BCUT2D eigenvalue weighted by Gasteiger charge is 2.50. The molecule has 1 heterocycles. The van der Waals surface area contributed by atoms with Crippen LogP contribution in [0.5, 0.6) is 0 Å². The molecule has 0 aromatic heterocycles. The van der Waals surface area contributed by atoms with Crippen LogP contribution in [0.3, 0.4) is 0 Å². The van der Waals surface area contributed by atoms with E-state index < -0.39 is 14.6 Å². The zero-order chi connectivity index (χ0) is 26.3. The van der Waals surface area contributed by atoms with Gasteiger partial charge < -0.3 is 18.6 Å². The van der Waals surface area contributed by atoms with Crippen LogP contribution in [-0.2, 0) is 23.4 Å². The Labute approximate surface area is 221 Å². The van der Waals surface area contributed by atoms with Crippen LogP contribution < -0.4 is 10.4 Å². The van der Waals surface area contributed by atoms with Gasteiger partial charge in [0.25, 0.3) is 8.32 Å². The molecule has 0 radical (unpaired) electrons.